The summed E-state index contributed by atoms with van der Waals surface area (Å²) in [6.45, 7) is 8.42. The number of nitrogens with zero attached hydrogens (tertiary/aromatic N) is 1. The van der Waals surface area contributed by atoms with E-state index in [2.05, 4.69) is 54.4 Å². The summed E-state index contributed by atoms with van der Waals surface area (Å²) in [6.07, 6.45) is 5.51. The SMILES string of the molecule is C[C@@H]1CC2(CCNCC2)C[C@H](C)N1Cc1ccccc1. The fourth-order valence-electron chi connectivity index (χ4n) is 4.48. The first-order valence-corrected chi connectivity index (χ1v) is 8.19. The zero-order valence-electron chi connectivity index (χ0n) is 12.9. The molecule has 0 unspecified atom stereocenters. The number of hydrogen-bond acceptors (Lipinski definition) is 2. The van der Waals surface area contributed by atoms with E-state index in [-0.39, 0.29) is 0 Å². The number of rotatable bonds is 2. The maximum absolute atomic E-state index is 3.52. The minimum Gasteiger partial charge on any atom is -0.317 e. The van der Waals surface area contributed by atoms with Crippen molar-refractivity contribution < 1.29 is 0 Å². The molecule has 0 aromatic heterocycles. The van der Waals surface area contributed by atoms with Gasteiger partial charge in [0, 0.05) is 18.6 Å². The number of likely N-dealkylation sites (tertiary alicyclic amines) is 1. The molecule has 0 aliphatic carbocycles. The molecule has 2 nitrogen and oxygen atoms in total. The van der Waals surface area contributed by atoms with Crippen molar-refractivity contribution in [2.24, 2.45) is 5.41 Å². The average molecular weight is 272 g/mol. The Hall–Kier alpha value is -0.860. The molecule has 2 heterocycles. The maximum Gasteiger partial charge on any atom is 0.0239 e. The first-order valence-electron chi connectivity index (χ1n) is 8.19. The van der Waals surface area contributed by atoms with Crippen LogP contribution < -0.4 is 5.32 Å². The first kappa shape index (κ1) is 14.1. The van der Waals surface area contributed by atoms with E-state index in [0.29, 0.717) is 17.5 Å². The lowest BCUT2D eigenvalue weighted by Gasteiger charge is -2.51. The third-order valence-electron chi connectivity index (χ3n) is 5.46. The van der Waals surface area contributed by atoms with Crippen LogP contribution in [0.1, 0.15) is 45.1 Å². The topological polar surface area (TPSA) is 15.3 Å². The molecular formula is C18H28N2. The van der Waals surface area contributed by atoms with Crippen LogP contribution in [0.3, 0.4) is 0 Å². The molecule has 0 amide bonds. The van der Waals surface area contributed by atoms with Gasteiger partial charge < -0.3 is 5.32 Å². The van der Waals surface area contributed by atoms with Gasteiger partial charge in [-0.3, -0.25) is 4.90 Å². The van der Waals surface area contributed by atoms with Crippen molar-refractivity contribution in [2.75, 3.05) is 13.1 Å². The smallest absolute Gasteiger partial charge is 0.0239 e. The molecule has 2 heteroatoms. The number of hydrogen-bond donors (Lipinski definition) is 1. The Morgan fingerprint density at radius 1 is 1.05 bits per heavy atom. The molecule has 0 bridgehead atoms. The molecule has 2 saturated heterocycles. The van der Waals surface area contributed by atoms with Crippen LogP contribution in [0.2, 0.25) is 0 Å². The van der Waals surface area contributed by atoms with E-state index in [1.807, 2.05) is 0 Å². The van der Waals surface area contributed by atoms with Gasteiger partial charge in [-0.2, -0.15) is 0 Å². The Morgan fingerprint density at radius 2 is 1.65 bits per heavy atom. The summed E-state index contributed by atoms with van der Waals surface area (Å²) in [4.78, 5) is 2.71. The molecule has 20 heavy (non-hydrogen) atoms. The van der Waals surface area contributed by atoms with Crippen molar-refractivity contribution >= 4 is 0 Å². The average Bonchev–Trinajstić information content (AvgIpc) is 2.45. The van der Waals surface area contributed by atoms with E-state index >= 15 is 0 Å². The second-order valence-corrected chi connectivity index (χ2v) is 7.01. The molecule has 0 saturated carbocycles. The second kappa shape index (κ2) is 5.87. The van der Waals surface area contributed by atoms with Gasteiger partial charge in [0.05, 0.1) is 0 Å². The van der Waals surface area contributed by atoms with E-state index in [0.717, 1.165) is 6.54 Å². The molecule has 1 aromatic rings. The predicted molar refractivity (Wildman–Crippen MR) is 84.7 cm³/mol. The minimum atomic E-state index is 0.622. The van der Waals surface area contributed by atoms with Crippen LogP contribution in [0.25, 0.3) is 0 Å². The quantitative estimate of drug-likeness (QED) is 0.887. The zero-order valence-corrected chi connectivity index (χ0v) is 12.9. The summed E-state index contributed by atoms with van der Waals surface area (Å²) in [5.41, 5.74) is 2.07. The maximum atomic E-state index is 3.52. The number of piperidine rings is 2. The van der Waals surface area contributed by atoms with Crippen molar-refractivity contribution in [3.8, 4) is 0 Å². The third kappa shape index (κ3) is 2.91. The van der Waals surface area contributed by atoms with Crippen LogP contribution in [0.4, 0.5) is 0 Å². The summed E-state index contributed by atoms with van der Waals surface area (Å²) < 4.78 is 0. The standard InChI is InChI=1S/C18H28N2/c1-15-12-18(8-10-19-11-9-18)13-16(2)20(15)14-17-6-4-3-5-7-17/h3-7,15-16,19H,8-14H2,1-2H3/t15-,16+. The highest BCUT2D eigenvalue weighted by atomic mass is 15.2. The highest BCUT2D eigenvalue weighted by Gasteiger charge is 2.41. The van der Waals surface area contributed by atoms with Crippen molar-refractivity contribution in [3.05, 3.63) is 35.9 Å². The first-order chi connectivity index (χ1) is 9.69. The van der Waals surface area contributed by atoms with E-state index < -0.39 is 0 Å². The van der Waals surface area contributed by atoms with Crippen molar-refractivity contribution in [1.29, 1.82) is 0 Å². The second-order valence-electron chi connectivity index (χ2n) is 7.01. The Kier molecular flexibility index (Phi) is 4.13. The Morgan fingerprint density at radius 3 is 2.25 bits per heavy atom. The Bertz CT molecular complexity index is 408. The minimum absolute atomic E-state index is 0.622. The van der Waals surface area contributed by atoms with Gasteiger partial charge in [0.15, 0.2) is 0 Å². The normalized spacial score (nSPS) is 30.5. The summed E-state index contributed by atoms with van der Waals surface area (Å²) in [5, 5.41) is 3.52. The highest BCUT2D eigenvalue weighted by molar-refractivity contribution is 5.15. The lowest BCUT2D eigenvalue weighted by molar-refractivity contribution is -0.00739. The van der Waals surface area contributed by atoms with Crippen LogP contribution in [0.15, 0.2) is 30.3 Å². The molecule has 110 valence electrons. The van der Waals surface area contributed by atoms with Gasteiger partial charge in [0.2, 0.25) is 0 Å². The Balaban J connectivity index is 1.69. The summed E-state index contributed by atoms with van der Waals surface area (Å²) >= 11 is 0. The lowest BCUT2D eigenvalue weighted by atomic mass is 9.67. The van der Waals surface area contributed by atoms with Gasteiger partial charge in [0.25, 0.3) is 0 Å². The molecular weight excluding hydrogens is 244 g/mol. The molecule has 2 fully saturated rings. The van der Waals surface area contributed by atoms with E-state index in [1.165, 1.54) is 44.3 Å². The van der Waals surface area contributed by atoms with Gasteiger partial charge in [-0.25, -0.2) is 0 Å². The molecule has 2 aliphatic heterocycles. The molecule has 1 aromatic carbocycles. The molecule has 2 aliphatic rings. The van der Waals surface area contributed by atoms with Gasteiger partial charge in [-0.1, -0.05) is 30.3 Å². The predicted octanol–water partition coefficient (Wildman–Crippen LogP) is 3.43. The van der Waals surface area contributed by atoms with Gasteiger partial charge in [-0.05, 0) is 63.6 Å². The molecule has 3 rings (SSSR count). The molecule has 1 N–H and O–H groups in total. The monoisotopic (exact) mass is 272 g/mol. The van der Waals surface area contributed by atoms with Crippen LogP contribution in [0, 0.1) is 5.41 Å². The fourth-order valence-corrected chi connectivity index (χ4v) is 4.48. The number of nitrogens with one attached hydrogen (secondary N) is 1. The summed E-state index contributed by atoms with van der Waals surface area (Å²) in [7, 11) is 0. The molecule has 2 atom stereocenters. The van der Waals surface area contributed by atoms with Crippen LogP contribution in [-0.2, 0) is 6.54 Å². The van der Waals surface area contributed by atoms with Gasteiger partial charge >= 0.3 is 0 Å². The van der Waals surface area contributed by atoms with Crippen molar-refractivity contribution in [3.63, 3.8) is 0 Å². The van der Waals surface area contributed by atoms with Crippen molar-refractivity contribution in [1.82, 2.24) is 10.2 Å². The van der Waals surface area contributed by atoms with E-state index in [4.69, 9.17) is 0 Å². The Labute approximate surface area is 123 Å². The fraction of sp³-hybridized carbons (Fsp3) is 0.667. The van der Waals surface area contributed by atoms with Crippen LogP contribution in [-0.4, -0.2) is 30.1 Å². The molecule has 0 radical (unpaired) electrons. The van der Waals surface area contributed by atoms with Gasteiger partial charge in [0.1, 0.15) is 0 Å². The van der Waals surface area contributed by atoms with Crippen LogP contribution in [0.5, 0.6) is 0 Å². The zero-order chi connectivity index (χ0) is 14.0. The third-order valence-corrected chi connectivity index (χ3v) is 5.46. The largest absolute Gasteiger partial charge is 0.317 e. The summed E-state index contributed by atoms with van der Waals surface area (Å²) in [6, 6.07) is 12.3. The van der Waals surface area contributed by atoms with E-state index in [9.17, 15) is 0 Å². The van der Waals surface area contributed by atoms with Crippen LogP contribution >= 0.6 is 0 Å². The summed E-state index contributed by atoms with van der Waals surface area (Å²) in [5.74, 6) is 0. The lowest BCUT2D eigenvalue weighted by Crippen LogP contribution is -2.53. The van der Waals surface area contributed by atoms with Crippen molar-refractivity contribution in [2.45, 2.75) is 58.2 Å². The van der Waals surface area contributed by atoms with E-state index in [1.54, 1.807) is 0 Å². The molecule has 1 spiro atoms. The highest BCUT2D eigenvalue weighted by Crippen LogP contribution is 2.44. The number of benzene rings is 1. The van der Waals surface area contributed by atoms with Gasteiger partial charge in [-0.15, -0.1) is 0 Å².